The Kier molecular flexibility index (Phi) is 78.8. The molecule has 0 amide bonds. The van der Waals surface area contributed by atoms with Gasteiger partial charge < -0.3 is 33.8 Å². The molecule has 0 saturated carbocycles. The predicted molar refractivity (Wildman–Crippen MR) is 446 cm³/mol. The van der Waals surface area contributed by atoms with Crippen molar-refractivity contribution in [2.75, 3.05) is 39.6 Å². The molecule has 0 aromatic carbocycles. The highest BCUT2D eigenvalue weighted by atomic mass is 31.2. The van der Waals surface area contributed by atoms with E-state index < -0.39 is 97.5 Å². The first-order valence-corrected chi connectivity index (χ1v) is 49.0. The summed E-state index contributed by atoms with van der Waals surface area (Å²) < 4.78 is 69.0. The van der Waals surface area contributed by atoms with E-state index in [2.05, 4.69) is 41.5 Å². The summed E-state index contributed by atoms with van der Waals surface area (Å²) in [7, 11) is -9.93. The van der Waals surface area contributed by atoms with Crippen LogP contribution in [-0.2, 0) is 65.4 Å². The monoisotopic (exact) mass is 1580 g/mol. The molecular formula is C89H174O17P2. The summed E-state index contributed by atoms with van der Waals surface area (Å²) in [5.41, 5.74) is 0. The summed E-state index contributed by atoms with van der Waals surface area (Å²) >= 11 is 0. The zero-order chi connectivity index (χ0) is 79.2. The van der Waals surface area contributed by atoms with Gasteiger partial charge in [-0.05, 0) is 37.5 Å². The molecule has 0 heterocycles. The number of phosphoric ester groups is 2. The van der Waals surface area contributed by atoms with Crippen molar-refractivity contribution in [3.63, 3.8) is 0 Å². The number of hydrogen-bond acceptors (Lipinski definition) is 15. The van der Waals surface area contributed by atoms with Crippen molar-refractivity contribution in [1.82, 2.24) is 0 Å². The van der Waals surface area contributed by atoms with Gasteiger partial charge in [0.1, 0.15) is 19.3 Å². The van der Waals surface area contributed by atoms with E-state index in [0.717, 1.165) is 102 Å². The fourth-order valence-corrected chi connectivity index (χ4v) is 15.5. The van der Waals surface area contributed by atoms with Crippen LogP contribution in [0, 0.1) is 11.8 Å². The molecule has 17 nitrogen and oxygen atoms in total. The molecule has 108 heavy (non-hydrogen) atoms. The van der Waals surface area contributed by atoms with Crippen LogP contribution >= 0.6 is 15.6 Å². The summed E-state index contributed by atoms with van der Waals surface area (Å²) in [6.07, 6.45) is 73.6. The Labute approximate surface area is 664 Å². The van der Waals surface area contributed by atoms with Gasteiger partial charge in [-0.2, -0.15) is 0 Å². The zero-order valence-corrected chi connectivity index (χ0v) is 73.0. The molecule has 0 spiro atoms. The minimum Gasteiger partial charge on any atom is -0.462 e. The molecule has 0 aliphatic heterocycles. The summed E-state index contributed by atoms with van der Waals surface area (Å²) in [6.45, 7) is 9.79. The molecule has 0 aromatic rings. The first-order valence-electron chi connectivity index (χ1n) is 46.0. The summed E-state index contributed by atoms with van der Waals surface area (Å²) in [6, 6.07) is 0. The van der Waals surface area contributed by atoms with Crippen molar-refractivity contribution < 1.29 is 80.2 Å². The van der Waals surface area contributed by atoms with E-state index in [-0.39, 0.29) is 25.7 Å². The highest BCUT2D eigenvalue weighted by molar-refractivity contribution is 7.47. The van der Waals surface area contributed by atoms with Gasteiger partial charge in [0.05, 0.1) is 26.4 Å². The van der Waals surface area contributed by atoms with Crippen molar-refractivity contribution in [3.05, 3.63) is 0 Å². The molecule has 3 unspecified atom stereocenters. The summed E-state index contributed by atoms with van der Waals surface area (Å²) in [4.78, 5) is 73.3. The predicted octanol–water partition coefficient (Wildman–Crippen LogP) is 27.4. The van der Waals surface area contributed by atoms with Gasteiger partial charge in [-0.25, -0.2) is 9.13 Å². The number of aliphatic hydroxyl groups excluding tert-OH is 1. The van der Waals surface area contributed by atoms with E-state index in [1.165, 1.54) is 295 Å². The number of aliphatic hydroxyl groups is 1. The Morgan fingerprint density at radius 1 is 0.269 bits per heavy atom. The number of ether oxygens (including phenoxy) is 4. The highest BCUT2D eigenvalue weighted by Crippen LogP contribution is 2.45. The molecular weight excluding hydrogens is 1400 g/mol. The fourth-order valence-electron chi connectivity index (χ4n) is 13.9. The molecule has 0 aliphatic rings. The SMILES string of the molecule is CCCCCCCCCCCCCCCCCC(=O)O[C@H](COC(=O)CCCCCCCCCCCC)COP(=O)(O)OC[C@H](O)COP(=O)(O)OC[C@@H](COC(=O)CCCCCCCCCCCCCCCCCCCCC(C)C)OC(=O)CCCCCCCCCCCCCCCCCCCCC(C)CC. The number of phosphoric acid groups is 2. The quantitative estimate of drug-likeness (QED) is 0.0222. The lowest BCUT2D eigenvalue weighted by Crippen LogP contribution is -2.30. The van der Waals surface area contributed by atoms with E-state index >= 15 is 0 Å². The second-order valence-electron chi connectivity index (χ2n) is 32.7. The second-order valence-corrected chi connectivity index (χ2v) is 35.6. The summed E-state index contributed by atoms with van der Waals surface area (Å²) in [5.74, 6) is -0.404. The molecule has 0 rings (SSSR count). The van der Waals surface area contributed by atoms with Gasteiger partial charge in [0.15, 0.2) is 12.2 Å². The van der Waals surface area contributed by atoms with Crippen LogP contribution in [0.1, 0.15) is 478 Å². The van der Waals surface area contributed by atoms with E-state index in [1.807, 2.05) is 0 Å². The van der Waals surface area contributed by atoms with Crippen molar-refractivity contribution in [2.24, 2.45) is 11.8 Å². The van der Waals surface area contributed by atoms with E-state index in [1.54, 1.807) is 0 Å². The minimum absolute atomic E-state index is 0.109. The number of unbranched alkanes of at least 4 members (excludes halogenated alkanes) is 57. The van der Waals surface area contributed by atoms with Gasteiger partial charge in [0.25, 0.3) is 0 Å². The van der Waals surface area contributed by atoms with Gasteiger partial charge >= 0.3 is 39.5 Å². The van der Waals surface area contributed by atoms with Crippen molar-refractivity contribution in [1.29, 1.82) is 0 Å². The van der Waals surface area contributed by atoms with Crippen LogP contribution in [0.3, 0.4) is 0 Å². The van der Waals surface area contributed by atoms with Gasteiger partial charge in [0.2, 0.25) is 0 Å². The number of carbonyl (C=O) groups is 4. The van der Waals surface area contributed by atoms with Crippen LogP contribution < -0.4 is 0 Å². The van der Waals surface area contributed by atoms with E-state index in [4.69, 9.17) is 37.0 Å². The van der Waals surface area contributed by atoms with Crippen LogP contribution in [-0.4, -0.2) is 96.7 Å². The van der Waals surface area contributed by atoms with Crippen LogP contribution in [0.15, 0.2) is 0 Å². The summed E-state index contributed by atoms with van der Waals surface area (Å²) in [5, 5.41) is 10.7. The van der Waals surface area contributed by atoms with Crippen molar-refractivity contribution in [3.8, 4) is 0 Å². The molecule has 6 atom stereocenters. The average molecular weight is 1580 g/mol. The lowest BCUT2D eigenvalue weighted by atomic mass is 9.99. The Morgan fingerprint density at radius 3 is 0.704 bits per heavy atom. The van der Waals surface area contributed by atoms with Gasteiger partial charge in [-0.15, -0.1) is 0 Å². The van der Waals surface area contributed by atoms with Gasteiger partial charge in [-0.3, -0.25) is 37.3 Å². The number of esters is 4. The first-order chi connectivity index (χ1) is 52.4. The smallest absolute Gasteiger partial charge is 0.462 e. The normalized spacial score (nSPS) is 14.0. The Bertz CT molecular complexity index is 2070. The third-order valence-corrected chi connectivity index (χ3v) is 23.2. The second kappa shape index (κ2) is 80.3. The van der Waals surface area contributed by atoms with Crippen molar-refractivity contribution in [2.45, 2.75) is 496 Å². The third-order valence-electron chi connectivity index (χ3n) is 21.3. The minimum atomic E-state index is -4.97. The topological polar surface area (TPSA) is 237 Å². The van der Waals surface area contributed by atoms with Crippen LogP contribution in [0.5, 0.6) is 0 Å². The zero-order valence-electron chi connectivity index (χ0n) is 71.2. The number of rotatable bonds is 88. The van der Waals surface area contributed by atoms with Crippen LogP contribution in [0.25, 0.3) is 0 Å². The van der Waals surface area contributed by atoms with Crippen LogP contribution in [0.4, 0.5) is 0 Å². The molecule has 642 valence electrons. The van der Waals surface area contributed by atoms with Crippen LogP contribution in [0.2, 0.25) is 0 Å². The molecule has 0 bridgehead atoms. The molecule has 0 saturated heterocycles. The third kappa shape index (κ3) is 80.7. The lowest BCUT2D eigenvalue weighted by molar-refractivity contribution is -0.161. The van der Waals surface area contributed by atoms with E-state index in [0.29, 0.717) is 25.7 Å². The van der Waals surface area contributed by atoms with E-state index in [9.17, 15) is 43.2 Å². The Balaban J connectivity index is 5.21. The lowest BCUT2D eigenvalue weighted by Gasteiger charge is -2.21. The molecule has 0 fully saturated rings. The Hall–Kier alpha value is -1.94. The van der Waals surface area contributed by atoms with Gasteiger partial charge in [0, 0.05) is 25.7 Å². The maximum absolute atomic E-state index is 13.2. The molecule has 19 heteroatoms. The number of carbonyl (C=O) groups excluding carboxylic acids is 4. The standard InChI is InChI=1S/C89H174O17P2/c1-7-10-12-14-16-18-20-21-30-38-43-49-55-61-67-73-88(93)105-84(77-99-86(91)71-65-59-53-47-19-17-15-13-11-8-2)79-103-107(95,96)101-75-83(90)76-102-108(97,98)104-80-85(78-100-87(92)72-66-60-54-48-42-37-33-28-24-22-26-31-35-40-45-51-57-63-69-81(4)5)106-89(94)74-68-62-56-50-44-39-34-29-25-23-27-32-36-41-46-52-58-64-70-82(6)9-3/h81-85,90H,7-80H2,1-6H3,(H,95,96)(H,97,98)/t82?,83-,84+,85+/m0/s1. The van der Waals surface area contributed by atoms with Gasteiger partial charge in [-0.1, -0.05) is 427 Å². The molecule has 0 aliphatic carbocycles. The molecule has 0 radical (unpaired) electrons. The molecule has 3 N–H and O–H groups in total. The molecule has 0 aromatic heterocycles. The highest BCUT2D eigenvalue weighted by Gasteiger charge is 2.31. The maximum Gasteiger partial charge on any atom is 0.472 e. The fraction of sp³-hybridized carbons (Fsp3) is 0.955. The van der Waals surface area contributed by atoms with Crippen molar-refractivity contribution >= 4 is 39.5 Å². The maximum atomic E-state index is 13.2. The number of hydrogen-bond donors (Lipinski definition) is 3. The largest absolute Gasteiger partial charge is 0.472 e. The first kappa shape index (κ1) is 106. The average Bonchev–Trinajstić information content (AvgIpc) is 0.898. The Morgan fingerprint density at radius 2 is 0.472 bits per heavy atom.